The molecule has 1 aromatic heterocycles. The summed E-state index contributed by atoms with van der Waals surface area (Å²) in [5.74, 6) is -0.194. The number of rotatable bonds is 7. The molecule has 0 spiro atoms. The number of hydrogen-bond donors (Lipinski definition) is 2. The number of halogens is 4. The Kier molecular flexibility index (Phi) is 11.3. The van der Waals surface area contributed by atoms with Gasteiger partial charge in [0.1, 0.15) is 12.2 Å². The standard InChI is InChI=1S/C18H28F3N5O2.HI/c1-6-22-16(26(5)12-14(27)25-17(2,3)4)24-10-11-28-15-13(18(19,20)21)8-7-9-23-15;/h7-9H,6,10-12H2,1-5H3,(H,22,24)(H,25,27);1H. The van der Waals surface area contributed by atoms with Gasteiger partial charge >= 0.3 is 6.18 Å². The molecule has 0 saturated heterocycles. The summed E-state index contributed by atoms with van der Waals surface area (Å²) in [4.78, 5) is 21.6. The molecule has 2 N–H and O–H groups in total. The van der Waals surface area contributed by atoms with Crippen molar-refractivity contribution in [3.05, 3.63) is 23.9 Å². The van der Waals surface area contributed by atoms with Gasteiger partial charge in [0.25, 0.3) is 0 Å². The van der Waals surface area contributed by atoms with Crippen LogP contribution >= 0.6 is 24.0 Å². The molecule has 0 aromatic carbocycles. The van der Waals surface area contributed by atoms with Crippen LogP contribution in [0.25, 0.3) is 0 Å². The number of aliphatic imine (C=N–C) groups is 1. The number of nitrogens with zero attached hydrogens (tertiary/aromatic N) is 3. The second-order valence-electron chi connectivity index (χ2n) is 7.09. The Hall–Kier alpha value is -1.79. The summed E-state index contributed by atoms with van der Waals surface area (Å²) in [5.41, 5.74) is -1.28. The van der Waals surface area contributed by atoms with Crippen molar-refractivity contribution in [3.8, 4) is 5.88 Å². The summed E-state index contributed by atoms with van der Waals surface area (Å²) in [6, 6.07) is 2.12. The molecular formula is C18H29F3IN5O2. The van der Waals surface area contributed by atoms with Crippen LogP contribution in [0.1, 0.15) is 33.3 Å². The molecule has 11 heteroatoms. The number of carbonyl (C=O) groups is 1. The van der Waals surface area contributed by atoms with Crippen LogP contribution in [0.5, 0.6) is 5.88 Å². The van der Waals surface area contributed by atoms with Crippen molar-refractivity contribution in [2.24, 2.45) is 4.99 Å². The number of likely N-dealkylation sites (N-methyl/N-ethyl adjacent to an activating group) is 1. The van der Waals surface area contributed by atoms with E-state index in [2.05, 4.69) is 20.6 Å². The molecule has 29 heavy (non-hydrogen) atoms. The maximum atomic E-state index is 12.9. The molecule has 0 aliphatic carbocycles. The Morgan fingerprint density at radius 3 is 2.52 bits per heavy atom. The predicted octanol–water partition coefficient (Wildman–Crippen LogP) is 2.91. The lowest BCUT2D eigenvalue weighted by molar-refractivity contribution is -0.139. The minimum Gasteiger partial charge on any atom is -0.475 e. The predicted molar refractivity (Wildman–Crippen MR) is 117 cm³/mol. The van der Waals surface area contributed by atoms with E-state index in [1.807, 2.05) is 27.7 Å². The van der Waals surface area contributed by atoms with Gasteiger partial charge in [-0.05, 0) is 39.8 Å². The Labute approximate surface area is 186 Å². The first kappa shape index (κ1) is 27.2. The smallest absolute Gasteiger partial charge is 0.421 e. The third kappa shape index (κ3) is 10.5. The minimum absolute atomic E-state index is 0. The van der Waals surface area contributed by atoms with E-state index in [0.717, 1.165) is 6.07 Å². The van der Waals surface area contributed by atoms with Crippen LogP contribution in [0.2, 0.25) is 0 Å². The number of amides is 1. The average Bonchev–Trinajstić information content (AvgIpc) is 2.55. The van der Waals surface area contributed by atoms with Gasteiger partial charge in [0.05, 0.1) is 13.1 Å². The summed E-state index contributed by atoms with van der Waals surface area (Å²) in [5, 5.41) is 5.88. The number of ether oxygens (including phenoxy) is 1. The van der Waals surface area contributed by atoms with Crippen LogP contribution < -0.4 is 15.4 Å². The molecule has 7 nitrogen and oxygen atoms in total. The number of hydrogen-bond acceptors (Lipinski definition) is 4. The third-order valence-corrected chi connectivity index (χ3v) is 3.26. The fourth-order valence-electron chi connectivity index (χ4n) is 2.23. The lowest BCUT2D eigenvalue weighted by atomic mass is 10.1. The summed E-state index contributed by atoms with van der Waals surface area (Å²) >= 11 is 0. The Morgan fingerprint density at radius 2 is 1.97 bits per heavy atom. The van der Waals surface area contributed by atoms with Crippen LogP contribution in [0.3, 0.4) is 0 Å². The highest BCUT2D eigenvalue weighted by Gasteiger charge is 2.35. The van der Waals surface area contributed by atoms with Crippen molar-refractivity contribution in [2.75, 3.05) is 33.3 Å². The van der Waals surface area contributed by atoms with E-state index in [0.29, 0.717) is 12.5 Å². The highest BCUT2D eigenvalue weighted by atomic mass is 127. The first-order chi connectivity index (χ1) is 12.9. The van der Waals surface area contributed by atoms with Gasteiger partial charge in [-0.2, -0.15) is 13.2 Å². The molecule has 1 aromatic rings. The number of pyridine rings is 1. The van der Waals surface area contributed by atoms with Crippen molar-refractivity contribution >= 4 is 35.8 Å². The molecule has 1 rings (SSSR count). The van der Waals surface area contributed by atoms with Crippen LogP contribution in [0.15, 0.2) is 23.3 Å². The van der Waals surface area contributed by atoms with E-state index >= 15 is 0 Å². The van der Waals surface area contributed by atoms with Crippen molar-refractivity contribution < 1.29 is 22.7 Å². The minimum atomic E-state index is -4.54. The molecule has 0 saturated carbocycles. The van der Waals surface area contributed by atoms with Gasteiger partial charge in [0, 0.05) is 25.3 Å². The molecule has 1 amide bonds. The van der Waals surface area contributed by atoms with Gasteiger partial charge in [0.15, 0.2) is 5.96 Å². The topological polar surface area (TPSA) is 78.9 Å². The summed E-state index contributed by atoms with van der Waals surface area (Å²) < 4.78 is 43.9. The van der Waals surface area contributed by atoms with E-state index in [9.17, 15) is 18.0 Å². The average molecular weight is 531 g/mol. The van der Waals surface area contributed by atoms with Crippen molar-refractivity contribution in [1.29, 1.82) is 0 Å². The Bertz CT molecular complexity index is 678. The van der Waals surface area contributed by atoms with E-state index in [1.165, 1.54) is 12.3 Å². The molecule has 0 bridgehead atoms. The van der Waals surface area contributed by atoms with Gasteiger partial charge in [0.2, 0.25) is 11.8 Å². The maximum Gasteiger partial charge on any atom is 0.421 e. The third-order valence-electron chi connectivity index (χ3n) is 3.26. The molecule has 0 atom stereocenters. The second-order valence-corrected chi connectivity index (χ2v) is 7.09. The molecule has 0 aliphatic heterocycles. The first-order valence-corrected chi connectivity index (χ1v) is 8.89. The van der Waals surface area contributed by atoms with Crippen molar-refractivity contribution in [1.82, 2.24) is 20.5 Å². The van der Waals surface area contributed by atoms with Crippen LogP contribution in [-0.2, 0) is 11.0 Å². The van der Waals surface area contributed by atoms with Gasteiger partial charge in [-0.3, -0.25) is 4.79 Å². The number of aromatic nitrogens is 1. The lowest BCUT2D eigenvalue weighted by Gasteiger charge is -2.25. The summed E-state index contributed by atoms with van der Waals surface area (Å²) in [6.45, 7) is 8.19. The largest absolute Gasteiger partial charge is 0.475 e. The molecule has 0 fully saturated rings. The molecule has 166 valence electrons. The Balaban J connectivity index is 0.00000784. The normalized spacial score (nSPS) is 12.1. The van der Waals surface area contributed by atoms with Gasteiger partial charge in [-0.15, -0.1) is 24.0 Å². The van der Waals surface area contributed by atoms with Gasteiger partial charge in [-0.25, -0.2) is 9.98 Å². The monoisotopic (exact) mass is 531 g/mol. The van der Waals surface area contributed by atoms with Crippen molar-refractivity contribution in [2.45, 2.75) is 39.4 Å². The number of carbonyl (C=O) groups excluding carboxylic acids is 1. The molecule has 0 radical (unpaired) electrons. The summed E-state index contributed by atoms with van der Waals surface area (Å²) in [7, 11) is 1.70. The SMILES string of the molecule is CCNC(=NCCOc1ncccc1C(F)(F)F)N(C)CC(=O)NC(C)(C)C.I. The second kappa shape index (κ2) is 12.0. The quantitative estimate of drug-likeness (QED) is 0.245. The van der Waals surface area contributed by atoms with E-state index < -0.39 is 17.6 Å². The highest BCUT2D eigenvalue weighted by Crippen LogP contribution is 2.34. The molecule has 0 aliphatic rings. The van der Waals surface area contributed by atoms with E-state index in [-0.39, 0.29) is 55.1 Å². The fourth-order valence-corrected chi connectivity index (χ4v) is 2.23. The van der Waals surface area contributed by atoms with E-state index in [4.69, 9.17) is 4.74 Å². The zero-order chi connectivity index (χ0) is 21.4. The zero-order valence-electron chi connectivity index (χ0n) is 17.3. The van der Waals surface area contributed by atoms with Crippen LogP contribution in [0, 0.1) is 0 Å². The van der Waals surface area contributed by atoms with Crippen LogP contribution in [0.4, 0.5) is 13.2 Å². The maximum absolute atomic E-state index is 12.9. The first-order valence-electron chi connectivity index (χ1n) is 8.89. The molecular weight excluding hydrogens is 502 g/mol. The zero-order valence-corrected chi connectivity index (χ0v) is 19.6. The van der Waals surface area contributed by atoms with Crippen LogP contribution in [-0.4, -0.2) is 60.6 Å². The molecule has 1 heterocycles. The number of nitrogens with one attached hydrogen (secondary N) is 2. The van der Waals surface area contributed by atoms with Crippen molar-refractivity contribution in [3.63, 3.8) is 0 Å². The van der Waals surface area contributed by atoms with Gasteiger partial charge < -0.3 is 20.3 Å². The molecule has 0 unspecified atom stereocenters. The highest BCUT2D eigenvalue weighted by molar-refractivity contribution is 14.0. The fraction of sp³-hybridized carbons (Fsp3) is 0.611. The number of guanidine groups is 1. The van der Waals surface area contributed by atoms with Gasteiger partial charge in [-0.1, -0.05) is 0 Å². The summed E-state index contributed by atoms with van der Waals surface area (Å²) in [6.07, 6.45) is -3.30. The Morgan fingerprint density at radius 1 is 1.31 bits per heavy atom. The number of alkyl halides is 3. The lowest BCUT2D eigenvalue weighted by Crippen LogP contribution is -2.48. The van der Waals surface area contributed by atoms with E-state index in [1.54, 1.807) is 11.9 Å².